The van der Waals surface area contributed by atoms with Gasteiger partial charge in [0.15, 0.2) is 0 Å². The number of rotatable bonds is 9. The average Bonchev–Trinajstić information content (AvgIpc) is 3.44. The summed E-state index contributed by atoms with van der Waals surface area (Å²) in [5, 5.41) is 0. The number of aryl methyl sites for hydroxylation is 1. The monoisotopic (exact) mass is 459 g/mol. The quantitative estimate of drug-likeness (QED) is 0.450. The molecule has 2 heterocycles. The van der Waals surface area contributed by atoms with Crippen molar-refractivity contribution in [2.75, 3.05) is 33.3 Å². The van der Waals surface area contributed by atoms with Gasteiger partial charge in [-0.05, 0) is 47.7 Å². The fraction of sp³-hybridized carbons (Fsp3) is 0.414. The minimum atomic E-state index is 0.119. The summed E-state index contributed by atoms with van der Waals surface area (Å²) >= 11 is 0. The normalized spacial score (nSPS) is 18.4. The minimum absolute atomic E-state index is 0.119. The molecule has 4 rings (SSSR count). The predicted octanol–water partition coefficient (Wildman–Crippen LogP) is 5.05. The molecule has 5 nitrogen and oxygen atoms in total. The third-order valence-corrected chi connectivity index (χ3v) is 6.84. The molecule has 1 aliphatic rings. The molecule has 0 N–H and O–H groups in total. The van der Waals surface area contributed by atoms with Crippen LogP contribution in [-0.4, -0.2) is 53.6 Å². The summed E-state index contributed by atoms with van der Waals surface area (Å²) in [5.41, 5.74) is 3.30. The van der Waals surface area contributed by atoms with Gasteiger partial charge in [-0.25, -0.2) is 0 Å². The lowest BCUT2D eigenvalue weighted by Gasteiger charge is -2.30. The molecular formula is C29H37N3O2. The van der Waals surface area contributed by atoms with E-state index < -0.39 is 0 Å². The third kappa shape index (κ3) is 5.53. The molecule has 34 heavy (non-hydrogen) atoms. The van der Waals surface area contributed by atoms with E-state index in [-0.39, 0.29) is 5.91 Å². The number of nitrogens with zero attached hydrogens (tertiary/aromatic N) is 3. The van der Waals surface area contributed by atoms with Crippen molar-refractivity contribution in [1.29, 1.82) is 0 Å². The second kappa shape index (κ2) is 10.9. The molecule has 1 amide bonds. The molecule has 1 saturated heterocycles. The van der Waals surface area contributed by atoms with Gasteiger partial charge in [-0.15, -0.1) is 0 Å². The van der Waals surface area contributed by atoms with E-state index in [1.54, 1.807) is 7.11 Å². The largest absolute Gasteiger partial charge is 0.496 e. The molecule has 5 heteroatoms. The standard InChI is InChI=1S/C29H37N3O2/c1-22(2)17-32(29(33)23-11-6-5-7-12-23)19-24-18-31(20-25-13-10-16-30(25)3)21-27(24)26-14-8-9-15-28(26)34-4/h5-16,22,24,27H,17-21H2,1-4H3. The summed E-state index contributed by atoms with van der Waals surface area (Å²) in [5.74, 6) is 2.08. The van der Waals surface area contributed by atoms with Crippen molar-refractivity contribution < 1.29 is 9.53 Å². The van der Waals surface area contributed by atoms with Crippen LogP contribution in [0.4, 0.5) is 0 Å². The Morgan fingerprint density at radius 2 is 1.76 bits per heavy atom. The van der Waals surface area contributed by atoms with Crippen LogP contribution < -0.4 is 4.74 Å². The van der Waals surface area contributed by atoms with Gasteiger partial charge in [-0.2, -0.15) is 0 Å². The number of hydrogen-bond acceptors (Lipinski definition) is 3. The van der Waals surface area contributed by atoms with Crippen LogP contribution in [-0.2, 0) is 13.6 Å². The molecular weight excluding hydrogens is 422 g/mol. The maximum Gasteiger partial charge on any atom is 0.253 e. The lowest BCUT2D eigenvalue weighted by Crippen LogP contribution is -2.39. The summed E-state index contributed by atoms with van der Waals surface area (Å²) in [6, 6.07) is 22.3. The van der Waals surface area contributed by atoms with Crippen LogP contribution in [0.25, 0.3) is 0 Å². The van der Waals surface area contributed by atoms with Gasteiger partial charge in [-0.1, -0.05) is 50.2 Å². The summed E-state index contributed by atoms with van der Waals surface area (Å²) in [6.07, 6.45) is 2.10. The highest BCUT2D eigenvalue weighted by Gasteiger charge is 2.37. The van der Waals surface area contributed by atoms with Crippen molar-refractivity contribution in [3.63, 3.8) is 0 Å². The van der Waals surface area contributed by atoms with Crippen LogP contribution in [0.5, 0.6) is 5.75 Å². The number of hydrogen-bond donors (Lipinski definition) is 0. The Kier molecular flexibility index (Phi) is 7.73. The minimum Gasteiger partial charge on any atom is -0.496 e. The zero-order valence-electron chi connectivity index (χ0n) is 20.9. The number of ether oxygens (including phenoxy) is 1. The van der Waals surface area contributed by atoms with Gasteiger partial charge in [0.25, 0.3) is 5.91 Å². The highest BCUT2D eigenvalue weighted by Crippen LogP contribution is 2.38. The first kappa shape index (κ1) is 24.1. The molecule has 1 aromatic heterocycles. The van der Waals surface area contributed by atoms with E-state index in [4.69, 9.17) is 4.74 Å². The van der Waals surface area contributed by atoms with Crippen molar-refractivity contribution in [3.05, 3.63) is 89.7 Å². The van der Waals surface area contributed by atoms with E-state index in [1.165, 1.54) is 11.3 Å². The van der Waals surface area contributed by atoms with Crippen LogP contribution in [0.2, 0.25) is 0 Å². The lowest BCUT2D eigenvalue weighted by atomic mass is 9.87. The van der Waals surface area contributed by atoms with Gasteiger partial charge in [0.1, 0.15) is 5.75 Å². The molecule has 1 fully saturated rings. The van der Waals surface area contributed by atoms with Crippen molar-refractivity contribution in [3.8, 4) is 5.75 Å². The fourth-order valence-electron chi connectivity index (χ4n) is 5.22. The van der Waals surface area contributed by atoms with Crippen LogP contribution in [0, 0.1) is 11.8 Å². The Hall–Kier alpha value is -3.05. The van der Waals surface area contributed by atoms with Gasteiger partial charge >= 0.3 is 0 Å². The van der Waals surface area contributed by atoms with E-state index in [2.05, 4.69) is 65.7 Å². The molecule has 180 valence electrons. The Morgan fingerprint density at radius 3 is 2.44 bits per heavy atom. The van der Waals surface area contributed by atoms with E-state index in [0.717, 1.165) is 44.0 Å². The molecule has 2 atom stereocenters. The van der Waals surface area contributed by atoms with Gasteiger partial charge < -0.3 is 14.2 Å². The Balaban J connectivity index is 1.61. The first-order valence-corrected chi connectivity index (χ1v) is 12.3. The van der Waals surface area contributed by atoms with E-state index in [9.17, 15) is 4.79 Å². The maximum atomic E-state index is 13.5. The fourth-order valence-corrected chi connectivity index (χ4v) is 5.22. The molecule has 0 aliphatic carbocycles. The number of benzene rings is 2. The summed E-state index contributed by atoms with van der Waals surface area (Å²) < 4.78 is 7.94. The van der Waals surface area contributed by atoms with Crippen LogP contribution in [0.3, 0.4) is 0 Å². The van der Waals surface area contributed by atoms with Gasteiger partial charge in [0.05, 0.1) is 7.11 Å². The zero-order chi connectivity index (χ0) is 24.1. The molecule has 0 saturated carbocycles. The number of carbonyl (C=O) groups is 1. The number of para-hydroxylation sites is 1. The molecule has 3 aromatic rings. The topological polar surface area (TPSA) is 37.7 Å². The van der Waals surface area contributed by atoms with Crippen molar-refractivity contribution in [1.82, 2.24) is 14.4 Å². The summed E-state index contributed by atoms with van der Waals surface area (Å²) in [4.78, 5) is 18.1. The molecule has 0 radical (unpaired) electrons. The number of methoxy groups -OCH3 is 1. The van der Waals surface area contributed by atoms with Gasteiger partial charge in [-0.3, -0.25) is 9.69 Å². The highest BCUT2D eigenvalue weighted by molar-refractivity contribution is 5.94. The number of carbonyl (C=O) groups excluding carboxylic acids is 1. The smallest absolute Gasteiger partial charge is 0.253 e. The van der Waals surface area contributed by atoms with Gasteiger partial charge in [0, 0.05) is 63.1 Å². The second-order valence-corrected chi connectivity index (χ2v) is 9.88. The highest BCUT2D eigenvalue weighted by atomic mass is 16.5. The SMILES string of the molecule is COc1ccccc1C1CN(Cc2cccn2C)CC1CN(CC(C)C)C(=O)c1ccccc1. The zero-order valence-corrected chi connectivity index (χ0v) is 20.9. The number of aromatic nitrogens is 1. The van der Waals surface area contributed by atoms with Crippen LogP contribution >= 0.6 is 0 Å². The lowest BCUT2D eigenvalue weighted by molar-refractivity contribution is 0.0703. The molecule has 1 aliphatic heterocycles. The maximum absolute atomic E-state index is 13.5. The van der Waals surface area contributed by atoms with E-state index in [1.807, 2.05) is 42.5 Å². The average molecular weight is 460 g/mol. The predicted molar refractivity (Wildman–Crippen MR) is 137 cm³/mol. The van der Waals surface area contributed by atoms with Crippen molar-refractivity contribution >= 4 is 5.91 Å². The van der Waals surface area contributed by atoms with E-state index >= 15 is 0 Å². The number of likely N-dealkylation sites (tertiary alicyclic amines) is 1. The number of amides is 1. The Morgan fingerprint density at radius 1 is 1.03 bits per heavy atom. The second-order valence-electron chi connectivity index (χ2n) is 9.88. The summed E-state index contributed by atoms with van der Waals surface area (Å²) in [7, 11) is 3.85. The van der Waals surface area contributed by atoms with E-state index in [0.29, 0.717) is 17.8 Å². The first-order chi connectivity index (χ1) is 16.5. The van der Waals surface area contributed by atoms with Gasteiger partial charge in [0.2, 0.25) is 0 Å². The van der Waals surface area contributed by atoms with Crippen molar-refractivity contribution in [2.24, 2.45) is 18.9 Å². The molecule has 0 bridgehead atoms. The Labute approximate surface area is 203 Å². The molecule has 2 unspecified atom stereocenters. The van der Waals surface area contributed by atoms with Crippen LogP contribution in [0.1, 0.15) is 41.4 Å². The molecule has 0 spiro atoms. The van der Waals surface area contributed by atoms with Crippen LogP contribution in [0.15, 0.2) is 72.9 Å². The Bertz CT molecular complexity index is 1080. The first-order valence-electron chi connectivity index (χ1n) is 12.3. The summed E-state index contributed by atoms with van der Waals surface area (Å²) in [6.45, 7) is 8.65. The van der Waals surface area contributed by atoms with Crippen molar-refractivity contribution in [2.45, 2.75) is 26.3 Å². The molecule has 2 aromatic carbocycles. The third-order valence-electron chi connectivity index (χ3n) is 6.84.